The molecule has 0 saturated heterocycles. The summed E-state index contributed by atoms with van der Waals surface area (Å²) in [4.78, 5) is 14.8. The fraction of sp³-hybridized carbons (Fsp3) is 0.160. The van der Waals surface area contributed by atoms with Gasteiger partial charge in [0.2, 0.25) is 0 Å². The molecule has 0 bridgehead atoms. The Morgan fingerprint density at radius 3 is 2.53 bits per heavy atom. The molecule has 0 spiro atoms. The topological polar surface area (TPSA) is 37.3 Å². The third-order valence-electron chi connectivity index (χ3n) is 4.96. The fourth-order valence-corrected chi connectivity index (χ4v) is 5.77. The number of rotatable bonds is 3. The van der Waals surface area contributed by atoms with Crippen molar-refractivity contribution in [1.29, 1.82) is 0 Å². The van der Waals surface area contributed by atoms with Gasteiger partial charge in [-0.2, -0.15) is 0 Å². The number of halogens is 1. The van der Waals surface area contributed by atoms with E-state index >= 15 is 4.39 Å². The van der Waals surface area contributed by atoms with Gasteiger partial charge in [-0.1, -0.05) is 24.1 Å². The number of aryl methyl sites for hydroxylation is 1. The van der Waals surface area contributed by atoms with Crippen LogP contribution < -0.4 is 0 Å². The number of thiophene rings is 1. The van der Waals surface area contributed by atoms with Crippen molar-refractivity contribution in [1.82, 2.24) is 0 Å². The smallest absolute Gasteiger partial charge is 0.336 e. The van der Waals surface area contributed by atoms with E-state index in [1.807, 2.05) is 0 Å². The summed E-state index contributed by atoms with van der Waals surface area (Å²) in [6.07, 6.45) is 7.83. The van der Waals surface area contributed by atoms with Crippen molar-refractivity contribution in [2.24, 2.45) is 0 Å². The number of carboxylic acids is 1. The number of terminal acetylenes is 1. The third kappa shape index (κ3) is 3.58. The van der Waals surface area contributed by atoms with Gasteiger partial charge < -0.3 is 5.11 Å². The highest BCUT2D eigenvalue weighted by molar-refractivity contribution is 8.01. The van der Waals surface area contributed by atoms with Gasteiger partial charge in [-0.05, 0) is 62.2 Å². The van der Waals surface area contributed by atoms with Crippen LogP contribution >= 0.6 is 23.1 Å². The molecule has 3 aromatic rings. The minimum atomic E-state index is -1.13. The van der Waals surface area contributed by atoms with E-state index in [0.29, 0.717) is 11.1 Å². The lowest BCUT2D eigenvalue weighted by Gasteiger charge is -2.29. The molecular formula is C25H19FO2S2. The Hall–Kier alpha value is -2.81. The van der Waals surface area contributed by atoms with Crippen LogP contribution in [-0.2, 0) is 0 Å². The summed E-state index contributed by atoms with van der Waals surface area (Å²) in [7, 11) is 0. The Balaban J connectivity index is 1.97. The zero-order valence-electron chi connectivity index (χ0n) is 16.7. The van der Waals surface area contributed by atoms with Crippen molar-refractivity contribution in [3.05, 3.63) is 80.8 Å². The van der Waals surface area contributed by atoms with Crippen molar-refractivity contribution < 1.29 is 14.3 Å². The molecule has 4 rings (SSSR count). The molecule has 2 nitrogen and oxygen atoms in total. The third-order valence-corrected chi connectivity index (χ3v) is 7.20. The summed E-state index contributed by atoms with van der Waals surface area (Å²) >= 11 is 3.31. The maximum absolute atomic E-state index is 15.3. The van der Waals surface area contributed by atoms with Crippen molar-refractivity contribution in [2.75, 3.05) is 0 Å². The van der Waals surface area contributed by atoms with Gasteiger partial charge in [0.15, 0.2) is 0 Å². The largest absolute Gasteiger partial charge is 0.478 e. The SMILES string of the molecule is C#Cc1c(C(=O)O)cccc1-c1cc2c(cc1F)SC(C)(C)C=C2c1ccc(C)s1. The summed E-state index contributed by atoms with van der Waals surface area (Å²) in [6, 6.07) is 12.2. The first-order chi connectivity index (χ1) is 14.2. The summed E-state index contributed by atoms with van der Waals surface area (Å²) in [6.45, 7) is 6.28. The van der Waals surface area contributed by atoms with Gasteiger partial charge in [-0.25, -0.2) is 9.18 Å². The molecule has 0 saturated carbocycles. The van der Waals surface area contributed by atoms with Crippen LogP contribution in [0, 0.1) is 25.1 Å². The van der Waals surface area contributed by atoms with Crippen LogP contribution in [0.3, 0.4) is 0 Å². The molecule has 0 radical (unpaired) electrons. The maximum atomic E-state index is 15.3. The Labute approximate surface area is 183 Å². The second-order valence-corrected chi connectivity index (χ2v) is 10.7. The second kappa shape index (κ2) is 7.46. The summed E-state index contributed by atoms with van der Waals surface area (Å²) in [5.41, 5.74) is 2.89. The van der Waals surface area contributed by atoms with Gasteiger partial charge in [-0.3, -0.25) is 0 Å². The standard InChI is InChI=1S/C25H19FO2S2/c1-5-15-16(7-6-8-17(15)24(27)28)18-11-19-20(22-10-9-14(2)29-22)13-25(3,4)30-23(19)12-21(18)26/h1,6-13H,2-4H3,(H,27,28). The van der Waals surface area contributed by atoms with Crippen LogP contribution in [0.5, 0.6) is 0 Å². The van der Waals surface area contributed by atoms with Crippen LogP contribution in [0.4, 0.5) is 4.39 Å². The second-order valence-electron chi connectivity index (χ2n) is 7.68. The number of carboxylic acid groups (broad SMARTS) is 1. The average molecular weight is 435 g/mol. The first kappa shape index (κ1) is 20.5. The van der Waals surface area contributed by atoms with Crippen LogP contribution in [0.15, 0.2) is 53.4 Å². The van der Waals surface area contributed by atoms with E-state index in [2.05, 4.69) is 44.9 Å². The Morgan fingerprint density at radius 2 is 1.90 bits per heavy atom. The predicted octanol–water partition coefficient (Wildman–Crippen LogP) is 6.86. The van der Waals surface area contributed by atoms with Gasteiger partial charge >= 0.3 is 5.97 Å². The molecule has 0 amide bonds. The number of aromatic carboxylic acids is 1. The van der Waals surface area contributed by atoms with E-state index in [1.165, 1.54) is 17.0 Å². The first-order valence-corrected chi connectivity index (χ1v) is 11.0. The number of benzene rings is 2. The average Bonchev–Trinajstić information content (AvgIpc) is 3.11. The zero-order chi connectivity index (χ0) is 21.6. The molecule has 1 aromatic heterocycles. The van der Waals surface area contributed by atoms with E-state index in [0.717, 1.165) is 20.9 Å². The van der Waals surface area contributed by atoms with Crippen molar-refractivity contribution >= 4 is 34.6 Å². The highest BCUT2D eigenvalue weighted by Crippen LogP contribution is 2.48. The van der Waals surface area contributed by atoms with Crippen LogP contribution in [0.1, 0.15) is 45.1 Å². The molecule has 0 aliphatic carbocycles. The molecule has 1 aliphatic rings. The number of carbonyl (C=O) groups is 1. The lowest BCUT2D eigenvalue weighted by atomic mass is 9.91. The highest BCUT2D eigenvalue weighted by atomic mass is 32.2. The Kier molecular flexibility index (Phi) is 5.09. The molecule has 150 valence electrons. The summed E-state index contributed by atoms with van der Waals surface area (Å²) in [5.74, 6) is 0.899. The van der Waals surface area contributed by atoms with E-state index in [4.69, 9.17) is 6.42 Å². The molecule has 0 unspecified atom stereocenters. The molecule has 0 atom stereocenters. The first-order valence-electron chi connectivity index (χ1n) is 9.36. The number of thioether (sulfide) groups is 1. The zero-order valence-corrected chi connectivity index (χ0v) is 18.4. The molecule has 30 heavy (non-hydrogen) atoms. The molecule has 5 heteroatoms. The quantitative estimate of drug-likeness (QED) is 0.458. The van der Waals surface area contributed by atoms with E-state index in [-0.39, 0.29) is 15.9 Å². The van der Waals surface area contributed by atoms with Gasteiger partial charge in [0.05, 0.1) is 5.56 Å². The Bertz CT molecular complexity index is 1260. The van der Waals surface area contributed by atoms with Crippen molar-refractivity contribution in [3.8, 4) is 23.5 Å². The fourth-order valence-electron chi connectivity index (χ4n) is 3.69. The minimum absolute atomic E-state index is 0.00715. The minimum Gasteiger partial charge on any atom is -0.478 e. The molecular weight excluding hydrogens is 415 g/mol. The highest BCUT2D eigenvalue weighted by Gasteiger charge is 2.29. The van der Waals surface area contributed by atoms with E-state index in [1.54, 1.807) is 41.3 Å². The summed E-state index contributed by atoms with van der Waals surface area (Å²) in [5, 5.41) is 9.48. The number of fused-ring (bicyclic) bond motifs is 1. The van der Waals surface area contributed by atoms with Crippen molar-refractivity contribution in [2.45, 2.75) is 30.4 Å². The number of hydrogen-bond donors (Lipinski definition) is 1. The molecule has 1 aliphatic heterocycles. The predicted molar refractivity (Wildman–Crippen MR) is 123 cm³/mol. The molecule has 2 heterocycles. The molecule has 1 N–H and O–H groups in total. The number of hydrogen-bond acceptors (Lipinski definition) is 3. The normalized spacial score (nSPS) is 14.6. The molecule has 0 fully saturated rings. The van der Waals surface area contributed by atoms with E-state index in [9.17, 15) is 9.90 Å². The van der Waals surface area contributed by atoms with Gasteiger partial charge in [-0.15, -0.1) is 29.5 Å². The summed E-state index contributed by atoms with van der Waals surface area (Å²) < 4.78 is 15.1. The van der Waals surface area contributed by atoms with Crippen LogP contribution in [0.25, 0.3) is 16.7 Å². The van der Waals surface area contributed by atoms with Gasteiger partial charge in [0.1, 0.15) is 5.82 Å². The van der Waals surface area contributed by atoms with Gasteiger partial charge in [0.25, 0.3) is 0 Å². The van der Waals surface area contributed by atoms with Crippen LogP contribution in [0.2, 0.25) is 0 Å². The maximum Gasteiger partial charge on any atom is 0.336 e. The van der Waals surface area contributed by atoms with E-state index < -0.39 is 11.8 Å². The monoisotopic (exact) mass is 434 g/mol. The van der Waals surface area contributed by atoms with Crippen LogP contribution in [-0.4, -0.2) is 15.8 Å². The molecule has 2 aromatic carbocycles. The van der Waals surface area contributed by atoms with Crippen molar-refractivity contribution in [3.63, 3.8) is 0 Å². The van der Waals surface area contributed by atoms with Gasteiger partial charge in [0, 0.05) is 36.1 Å². The lowest BCUT2D eigenvalue weighted by molar-refractivity contribution is 0.0696. The Morgan fingerprint density at radius 1 is 1.13 bits per heavy atom. The lowest BCUT2D eigenvalue weighted by Crippen LogP contribution is -2.16.